The SMILES string of the molecule is CCCCO[P+](=O)CCCC(O)C#N. The standard InChI is InChI=1S/C9H17NO3P/c1-2-3-6-13-14(12)7-4-5-9(11)8-10/h9,11H,2-7H2,1H3/q+1. The Morgan fingerprint density at radius 1 is 1.57 bits per heavy atom. The monoisotopic (exact) mass is 218 g/mol. The minimum atomic E-state index is -1.60. The first-order chi connectivity index (χ1) is 6.70. The lowest BCUT2D eigenvalue weighted by Crippen LogP contribution is -2.02. The van der Waals surface area contributed by atoms with Crippen LogP contribution in [0.25, 0.3) is 0 Å². The summed E-state index contributed by atoms with van der Waals surface area (Å²) in [6.07, 6.45) is 2.37. The Balaban J connectivity index is 3.32. The largest absolute Gasteiger partial charge is 0.508 e. The van der Waals surface area contributed by atoms with Crippen LogP contribution >= 0.6 is 8.03 Å². The highest BCUT2D eigenvalue weighted by molar-refractivity contribution is 7.39. The first kappa shape index (κ1) is 13.5. The van der Waals surface area contributed by atoms with Gasteiger partial charge < -0.3 is 5.11 Å². The van der Waals surface area contributed by atoms with Crippen molar-refractivity contribution in [1.29, 1.82) is 5.26 Å². The molecule has 0 aliphatic rings. The van der Waals surface area contributed by atoms with Crippen molar-refractivity contribution in [2.75, 3.05) is 12.8 Å². The van der Waals surface area contributed by atoms with E-state index in [4.69, 9.17) is 14.9 Å². The average molecular weight is 218 g/mol. The van der Waals surface area contributed by atoms with Crippen LogP contribution in [0, 0.1) is 11.3 Å². The van der Waals surface area contributed by atoms with Gasteiger partial charge in [0.1, 0.15) is 12.7 Å². The summed E-state index contributed by atoms with van der Waals surface area (Å²) in [7, 11) is -1.60. The van der Waals surface area contributed by atoms with E-state index in [2.05, 4.69) is 0 Å². The summed E-state index contributed by atoms with van der Waals surface area (Å²) in [5.74, 6) is 0. The molecule has 0 bridgehead atoms. The van der Waals surface area contributed by atoms with Crippen LogP contribution in [0.2, 0.25) is 0 Å². The van der Waals surface area contributed by atoms with E-state index in [9.17, 15) is 4.57 Å². The lowest BCUT2D eigenvalue weighted by molar-refractivity contribution is 0.218. The number of rotatable bonds is 8. The van der Waals surface area contributed by atoms with Gasteiger partial charge >= 0.3 is 8.03 Å². The Labute approximate surface area is 85.8 Å². The quantitative estimate of drug-likeness (QED) is 0.385. The number of hydrogen-bond donors (Lipinski definition) is 1. The molecule has 0 saturated heterocycles. The van der Waals surface area contributed by atoms with E-state index in [1.807, 2.05) is 6.92 Å². The zero-order valence-electron chi connectivity index (χ0n) is 8.48. The van der Waals surface area contributed by atoms with Gasteiger partial charge in [0.2, 0.25) is 0 Å². The van der Waals surface area contributed by atoms with E-state index >= 15 is 0 Å². The van der Waals surface area contributed by atoms with Crippen LogP contribution in [-0.4, -0.2) is 24.0 Å². The van der Waals surface area contributed by atoms with Crippen molar-refractivity contribution in [3.05, 3.63) is 0 Å². The fraction of sp³-hybridized carbons (Fsp3) is 0.889. The van der Waals surface area contributed by atoms with Crippen molar-refractivity contribution in [2.24, 2.45) is 0 Å². The summed E-state index contributed by atoms with van der Waals surface area (Å²) in [5.41, 5.74) is 0. The zero-order valence-corrected chi connectivity index (χ0v) is 9.37. The van der Waals surface area contributed by atoms with Crippen LogP contribution in [-0.2, 0) is 9.09 Å². The third kappa shape index (κ3) is 8.12. The molecule has 80 valence electrons. The molecule has 0 aromatic rings. The van der Waals surface area contributed by atoms with Crippen molar-refractivity contribution in [3.63, 3.8) is 0 Å². The molecule has 0 amide bonds. The van der Waals surface area contributed by atoms with E-state index in [0.717, 1.165) is 12.8 Å². The molecule has 0 aliphatic carbocycles. The summed E-state index contributed by atoms with van der Waals surface area (Å²) < 4.78 is 16.2. The molecule has 0 fully saturated rings. The van der Waals surface area contributed by atoms with Gasteiger partial charge in [-0.15, -0.1) is 4.52 Å². The van der Waals surface area contributed by atoms with Gasteiger partial charge in [0, 0.05) is 0 Å². The zero-order chi connectivity index (χ0) is 10.8. The second kappa shape index (κ2) is 9.08. The van der Waals surface area contributed by atoms with Crippen LogP contribution in [0.3, 0.4) is 0 Å². The Hall–Kier alpha value is -0.490. The number of aliphatic hydroxyl groups excluding tert-OH is 1. The van der Waals surface area contributed by atoms with Gasteiger partial charge in [-0.1, -0.05) is 13.3 Å². The number of unbranched alkanes of at least 4 members (excludes halogenated alkanes) is 1. The fourth-order valence-electron chi connectivity index (χ4n) is 0.854. The highest BCUT2D eigenvalue weighted by Crippen LogP contribution is 2.24. The van der Waals surface area contributed by atoms with Crippen LogP contribution in [0.15, 0.2) is 0 Å². The number of aliphatic hydroxyl groups is 1. The summed E-state index contributed by atoms with van der Waals surface area (Å²) in [6.45, 7) is 2.58. The first-order valence-electron chi connectivity index (χ1n) is 4.86. The van der Waals surface area contributed by atoms with E-state index in [1.165, 1.54) is 0 Å². The molecule has 0 radical (unpaired) electrons. The summed E-state index contributed by atoms with van der Waals surface area (Å²) in [6, 6.07) is 1.71. The van der Waals surface area contributed by atoms with E-state index in [-0.39, 0.29) is 0 Å². The maximum absolute atomic E-state index is 11.1. The third-order valence-electron chi connectivity index (χ3n) is 1.70. The molecule has 5 heteroatoms. The summed E-state index contributed by atoms with van der Waals surface area (Å²) in [4.78, 5) is 0. The van der Waals surface area contributed by atoms with Crippen molar-refractivity contribution < 1.29 is 14.2 Å². The fourth-order valence-corrected chi connectivity index (χ4v) is 1.76. The Morgan fingerprint density at radius 3 is 2.86 bits per heavy atom. The minimum absolute atomic E-state index is 0.370. The minimum Gasteiger partial charge on any atom is -0.378 e. The highest BCUT2D eigenvalue weighted by Gasteiger charge is 2.16. The molecular formula is C9H17NO3P+. The average Bonchev–Trinajstić information content (AvgIpc) is 2.18. The molecule has 1 N–H and O–H groups in total. The molecule has 2 unspecified atom stereocenters. The van der Waals surface area contributed by atoms with Gasteiger partial charge in [0.05, 0.1) is 6.07 Å². The Morgan fingerprint density at radius 2 is 2.29 bits per heavy atom. The molecule has 0 heterocycles. The lowest BCUT2D eigenvalue weighted by atomic mass is 10.2. The third-order valence-corrected chi connectivity index (χ3v) is 2.85. The molecule has 0 aromatic carbocycles. The number of hydrogen-bond acceptors (Lipinski definition) is 4. The van der Waals surface area contributed by atoms with E-state index in [0.29, 0.717) is 25.6 Å². The number of nitriles is 1. The predicted octanol–water partition coefficient (Wildman–Crippen LogP) is 2.21. The van der Waals surface area contributed by atoms with Crippen molar-refractivity contribution in [1.82, 2.24) is 0 Å². The smallest absolute Gasteiger partial charge is 0.378 e. The van der Waals surface area contributed by atoms with Crippen LogP contribution < -0.4 is 0 Å². The second-order valence-electron chi connectivity index (χ2n) is 3.03. The lowest BCUT2D eigenvalue weighted by Gasteiger charge is -1.95. The molecule has 4 nitrogen and oxygen atoms in total. The Bertz CT molecular complexity index is 203. The highest BCUT2D eigenvalue weighted by atomic mass is 31.1. The maximum atomic E-state index is 11.1. The Kier molecular flexibility index (Phi) is 8.76. The predicted molar refractivity (Wildman–Crippen MR) is 54.2 cm³/mol. The summed E-state index contributed by atoms with van der Waals surface area (Å²) in [5, 5.41) is 17.2. The first-order valence-corrected chi connectivity index (χ1v) is 6.22. The normalized spacial score (nSPS) is 13.4. The van der Waals surface area contributed by atoms with Gasteiger partial charge in [-0.2, -0.15) is 5.26 Å². The van der Waals surface area contributed by atoms with Gasteiger partial charge in [-0.25, -0.2) is 0 Å². The summed E-state index contributed by atoms with van der Waals surface area (Å²) >= 11 is 0. The molecule has 0 saturated carbocycles. The topological polar surface area (TPSA) is 70.3 Å². The molecule has 14 heavy (non-hydrogen) atoms. The van der Waals surface area contributed by atoms with Gasteiger partial charge in [0.15, 0.2) is 6.16 Å². The van der Waals surface area contributed by atoms with Crippen molar-refractivity contribution in [2.45, 2.75) is 38.7 Å². The molecule has 0 aromatic heterocycles. The molecule has 0 aliphatic heterocycles. The van der Waals surface area contributed by atoms with Gasteiger partial charge in [0.25, 0.3) is 0 Å². The van der Waals surface area contributed by atoms with E-state index in [1.54, 1.807) is 6.07 Å². The molecule has 0 rings (SSSR count). The molecule has 2 atom stereocenters. The van der Waals surface area contributed by atoms with Crippen LogP contribution in [0.4, 0.5) is 0 Å². The second-order valence-corrected chi connectivity index (χ2v) is 4.40. The van der Waals surface area contributed by atoms with Crippen LogP contribution in [0.1, 0.15) is 32.6 Å². The van der Waals surface area contributed by atoms with Crippen molar-refractivity contribution in [3.8, 4) is 6.07 Å². The van der Waals surface area contributed by atoms with Gasteiger partial charge in [-0.3, -0.25) is 0 Å². The van der Waals surface area contributed by atoms with Crippen molar-refractivity contribution >= 4 is 8.03 Å². The molecule has 0 spiro atoms. The van der Waals surface area contributed by atoms with E-state index < -0.39 is 14.1 Å². The molecular weight excluding hydrogens is 201 g/mol. The maximum Gasteiger partial charge on any atom is 0.508 e. The number of nitrogens with zero attached hydrogens (tertiary/aromatic N) is 1. The van der Waals surface area contributed by atoms with Crippen LogP contribution in [0.5, 0.6) is 0 Å². The van der Waals surface area contributed by atoms with Gasteiger partial charge in [-0.05, 0) is 23.8 Å².